The number of hydroxylamine groups is 3. The Bertz CT molecular complexity index is 209. The number of halogens is 1. The van der Waals surface area contributed by atoms with Crippen LogP contribution in [0.4, 0.5) is 0 Å². The minimum absolute atomic E-state index is 0.0239. The maximum Gasteiger partial charge on any atom is 0.269 e. The van der Waals surface area contributed by atoms with Gasteiger partial charge in [-0.3, -0.25) is 0 Å². The first kappa shape index (κ1) is 13.2. The molecule has 1 rings (SSSR count). The molecular formula is C9H19ClNO4+. The summed E-state index contributed by atoms with van der Waals surface area (Å²) in [4.78, 5) is 0. The normalized spacial score (nSPS) is 33.0. The van der Waals surface area contributed by atoms with Crippen LogP contribution in [0.5, 0.6) is 0 Å². The number of hydrogen-bond acceptors (Lipinski definition) is 4. The van der Waals surface area contributed by atoms with Crippen LogP contribution in [0, 0.1) is 10.2 Å². The van der Waals surface area contributed by atoms with Gasteiger partial charge >= 0.3 is 0 Å². The second-order valence-electron chi connectivity index (χ2n) is 4.00. The Kier molecular flexibility index (Phi) is 4.34. The average Bonchev–Trinajstić information content (AvgIpc) is 2.16. The van der Waals surface area contributed by atoms with Crippen LogP contribution in [-0.2, 0) is 4.39 Å². The second kappa shape index (κ2) is 4.95. The average molecular weight is 241 g/mol. The highest BCUT2D eigenvalue weighted by molar-refractivity contribution is 4.61. The maximum absolute atomic E-state index is 10.7. The molecule has 0 aromatic heterocycles. The van der Waals surface area contributed by atoms with Gasteiger partial charge in [0.15, 0.2) is 0 Å². The third-order valence-electron chi connectivity index (χ3n) is 3.22. The smallest absolute Gasteiger partial charge is 0.177 e. The molecule has 2 unspecified atom stereocenters. The monoisotopic (exact) mass is 240 g/mol. The summed E-state index contributed by atoms with van der Waals surface area (Å²) in [5, 5.41) is 0. The minimum atomic E-state index is -4.34. The van der Waals surface area contributed by atoms with Gasteiger partial charge in [-0.25, -0.2) is 0 Å². The highest BCUT2D eigenvalue weighted by Crippen LogP contribution is 2.29. The lowest BCUT2D eigenvalue weighted by atomic mass is 9.99. The Morgan fingerprint density at radius 3 is 2.40 bits per heavy atom. The van der Waals surface area contributed by atoms with Crippen molar-refractivity contribution in [2.45, 2.75) is 45.6 Å². The zero-order chi connectivity index (χ0) is 11.5. The fourth-order valence-corrected chi connectivity index (χ4v) is 3.05. The largest absolute Gasteiger partial charge is 0.269 e. The van der Waals surface area contributed by atoms with Crippen LogP contribution in [-0.4, -0.2) is 23.8 Å². The van der Waals surface area contributed by atoms with Crippen LogP contribution in [0.15, 0.2) is 0 Å². The Balaban J connectivity index is 2.79. The number of quaternary nitrogens is 1. The molecule has 1 aliphatic heterocycles. The van der Waals surface area contributed by atoms with E-state index in [9.17, 15) is 14.0 Å². The molecule has 0 bridgehead atoms. The van der Waals surface area contributed by atoms with E-state index in [1.165, 1.54) is 0 Å². The summed E-state index contributed by atoms with van der Waals surface area (Å²) in [5.74, 6) is 0. The fraction of sp³-hybridized carbons (Fsp3) is 1.00. The molecule has 0 aromatic carbocycles. The molecule has 0 aromatic rings. The zero-order valence-corrected chi connectivity index (χ0v) is 10.0. The molecular weight excluding hydrogens is 222 g/mol. The van der Waals surface area contributed by atoms with Crippen LogP contribution in [0.2, 0.25) is 0 Å². The molecule has 6 heteroatoms. The third-order valence-corrected chi connectivity index (χ3v) is 3.66. The Morgan fingerprint density at radius 1 is 1.27 bits per heavy atom. The lowest BCUT2D eigenvalue weighted by molar-refractivity contribution is -1.95. The van der Waals surface area contributed by atoms with E-state index in [1.807, 2.05) is 13.8 Å². The van der Waals surface area contributed by atoms with Crippen LogP contribution in [0.25, 0.3) is 0 Å². The van der Waals surface area contributed by atoms with Crippen molar-refractivity contribution in [1.29, 1.82) is 0 Å². The summed E-state index contributed by atoms with van der Waals surface area (Å²) >= 11 is 0. The summed E-state index contributed by atoms with van der Waals surface area (Å²) in [6.07, 6.45) is 3.75. The molecule has 0 radical (unpaired) electrons. The highest BCUT2D eigenvalue weighted by atomic mass is 35.7. The first-order valence-corrected chi connectivity index (χ1v) is 6.66. The predicted molar refractivity (Wildman–Crippen MR) is 44.7 cm³/mol. The Hall–Kier alpha value is 0.0900. The van der Waals surface area contributed by atoms with Gasteiger partial charge in [-0.15, -0.1) is 0 Å². The van der Waals surface area contributed by atoms with E-state index >= 15 is 0 Å². The molecule has 2 atom stereocenters. The number of nitrogens with zero attached hydrogens (tertiary/aromatic N) is 1. The van der Waals surface area contributed by atoms with Crippen LogP contribution < -0.4 is 14.0 Å². The number of rotatable bonds is 4. The van der Waals surface area contributed by atoms with Gasteiger partial charge in [0.2, 0.25) is 0 Å². The molecule has 90 valence electrons. The lowest BCUT2D eigenvalue weighted by Crippen LogP contribution is -2.70. The predicted octanol–water partition coefficient (Wildman–Crippen LogP) is -1.39. The topological polar surface area (TPSA) is 78.4 Å². The van der Waals surface area contributed by atoms with Crippen molar-refractivity contribution in [3.8, 4) is 0 Å². The van der Waals surface area contributed by atoms with Gasteiger partial charge in [0, 0.05) is 19.3 Å². The van der Waals surface area contributed by atoms with Gasteiger partial charge in [-0.2, -0.15) is 14.0 Å². The van der Waals surface area contributed by atoms with E-state index in [0.717, 1.165) is 25.7 Å². The quantitative estimate of drug-likeness (QED) is 0.567. The van der Waals surface area contributed by atoms with Gasteiger partial charge in [0.1, 0.15) is 29.4 Å². The van der Waals surface area contributed by atoms with Gasteiger partial charge in [-0.05, 0) is 18.0 Å². The molecule has 0 spiro atoms. The van der Waals surface area contributed by atoms with E-state index in [-0.39, 0.29) is 10.7 Å². The summed E-state index contributed by atoms with van der Waals surface area (Å²) in [6.45, 7) is 4.99. The molecule has 0 aliphatic carbocycles. The number of piperidine rings is 1. The van der Waals surface area contributed by atoms with E-state index < -0.39 is 10.2 Å². The van der Waals surface area contributed by atoms with Crippen molar-refractivity contribution >= 4 is 0 Å². The molecule has 5 nitrogen and oxygen atoms in total. The summed E-state index contributed by atoms with van der Waals surface area (Å²) in [7, 11) is -4.34. The highest BCUT2D eigenvalue weighted by Gasteiger charge is 2.50. The van der Waals surface area contributed by atoms with Gasteiger partial charge < -0.3 is 0 Å². The molecule has 1 saturated heterocycles. The molecule has 0 N–H and O–H groups in total. The van der Waals surface area contributed by atoms with Crippen LogP contribution >= 0.6 is 0 Å². The van der Waals surface area contributed by atoms with E-state index in [2.05, 4.69) is 0 Å². The van der Waals surface area contributed by atoms with Crippen LogP contribution in [0.1, 0.15) is 39.5 Å². The molecule has 0 saturated carbocycles. The van der Waals surface area contributed by atoms with Gasteiger partial charge in [-0.1, -0.05) is 6.92 Å². The molecule has 1 aliphatic rings. The standard InChI is InChI=1S/C9H19ClNO4/c1-3-9-7-5-6-8-11(9,4-2)15-10(12,13)14/h9H,3-8H2,1-2H3/q+1. The van der Waals surface area contributed by atoms with Crippen LogP contribution in [0.3, 0.4) is 0 Å². The van der Waals surface area contributed by atoms with Gasteiger partial charge in [0.05, 0.1) is 0 Å². The minimum Gasteiger partial charge on any atom is -0.177 e. The van der Waals surface area contributed by atoms with E-state index in [0.29, 0.717) is 13.1 Å². The first-order valence-electron chi connectivity index (χ1n) is 5.42. The van der Waals surface area contributed by atoms with Crippen molar-refractivity contribution in [2.24, 2.45) is 0 Å². The first-order chi connectivity index (χ1) is 6.93. The molecule has 1 fully saturated rings. The Morgan fingerprint density at radius 2 is 1.93 bits per heavy atom. The van der Waals surface area contributed by atoms with Gasteiger partial charge in [0.25, 0.3) is 4.39 Å². The van der Waals surface area contributed by atoms with E-state index in [1.54, 1.807) is 0 Å². The van der Waals surface area contributed by atoms with Crippen molar-refractivity contribution < 1.29 is 33.3 Å². The summed E-state index contributed by atoms with van der Waals surface area (Å²) in [6, 6.07) is 0.125. The molecule has 1 heterocycles. The fourth-order valence-electron chi connectivity index (χ4n) is 2.44. The van der Waals surface area contributed by atoms with Crippen molar-refractivity contribution in [3.63, 3.8) is 0 Å². The number of hydrogen-bond donors (Lipinski definition) is 0. The van der Waals surface area contributed by atoms with Crippen molar-refractivity contribution in [1.82, 2.24) is 0 Å². The Labute approximate surface area is 92.5 Å². The third kappa shape index (κ3) is 3.27. The number of likely N-dealkylation sites (tertiary alicyclic amines) is 1. The molecule has 0 amide bonds. The van der Waals surface area contributed by atoms with E-state index in [4.69, 9.17) is 4.39 Å². The molecule has 15 heavy (non-hydrogen) atoms. The summed E-state index contributed by atoms with van der Waals surface area (Å²) < 4.78 is 36.8. The SMILES string of the molecule is CCC1CCCC[N+]1(CC)O[Cl+3]([O-])([O-])[O-]. The van der Waals surface area contributed by atoms with Crippen molar-refractivity contribution in [3.05, 3.63) is 0 Å². The summed E-state index contributed by atoms with van der Waals surface area (Å²) in [5.41, 5.74) is 0. The maximum atomic E-state index is 10.7. The second-order valence-corrected chi connectivity index (χ2v) is 4.89. The zero-order valence-electron chi connectivity index (χ0n) is 9.28. The van der Waals surface area contributed by atoms with Crippen molar-refractivity contribution in [2.75, 3.05) is 13.1 Å². The lowest BCUT2D eigenvalue weighted by Gasteiger charge is -2.37.